The molecule has 3 aromatic rings. The van der Waals surface area contributed by atoms with Crippen LogP contribution in [-0.2, 0) is 4.79 Å². The van der Waals surface area contributed by atoms with Gasteiger partial charge in [0.1, 0.15) is 6.04 Å². The molecule has 0 heterocycles. The van der Waals surface area contributed by atoms with E-state index in [9.17, 15) is 9.59 Å². The van der Waals surface area contributed by atoms with Crippen LogP contribution in [0.2, 0.25) is 10.0 Å². The van der Waals surface area contributed by atoms with Gasteiger partial charge in [0, 0.05) is 27.7 Å². The molecule has 148 valence electrons. The number of Topliss-reactive ketones (excluding diaryl/α,β-unsaturated/α-hetero) is 1. The number of amides is 1. The van der Waals surface area contributed by atoms with Gasteiger partial charge in [0.15, 0.2) is 5.78 Å². The van der Waals surface area contributed by atoms with E-state index in [1.165, 1.54) is 6.92 Å². The second kappa shape index (κ2) is 9.44. The van der Waals surface area contributed by atoms with Crippen LogP contribution in [0.5, 0.6) is 0 Å². The number of nitrogens with one attached hydrogen (secondary N) is 2. The quantitative estimate of drug-likeness (QED) is 0.375. The van der Waals surface area contributed by atoms with Crippen molar-refractivity contribution in [1.82, 2.24) is 0 Å². The normalized spacial score (nSPS) is 11.6. The van der Waals surface area contributed by atoms with Crippen molar-refractivity contribution in [1.29, 1.82) is 0 Å². The van der Waals surface area contributed by atoms with E-state index in [2.05, 4.69) is 26.6 Å². The van der Waals surface area contributed by atoms with Crippen LogP contribution >= 0.6 is 39.1 Å². The first-order chi connectivity index (χ1) is 13.8. The molecular formula is C22H17BrCl2N2O2. The Kier molecular flexibility index (Phi) is 6.96. The van der Waals surface area contributed by atoms with Gasteiger partial charge in [-0.15, -0.1) is 0 Å². The molecule has 0 aliphatic heterocycles. The van der Waals surface area contributed by atoms with Gasteiger partial charge in [-0.05, 0) is 42.0 Å². The molecule has 7 heteroatoms. The van der Waals surface area contributed by atoms with Crippen LogP contribution in [0.25, 0.3) is 0 Å². The smallest absolute Gasteiger partial charge is 0.221 e. The van der Waals surface area contributed by atoms with Gasteiger partial charge in [0.05, 0.1) is 10.7 Å². The summed E-state index contributed by atoms with van der Waals surface area (Å²) >= 11 is 15.8. The van der Waals surface area contributed by atoms with Crippen LogP contribution in [0.1, 0.15) is 28.9 Å². The molecule has 0 aromatic heterocycles. The SMILES string of the molecule is CC(=O)Nc1cccc(C(=O)C(Nc2ccc(Cl)cc2Cl)c2ccccc2Br)c1. The minimum absolute atomic E-state index is 0.171. The molecule has 29 heavy (non-hydrogen) atoms. The molecule has 0 bridgehead atoms. The van der Waals surface area contributed by atoms with Crippen LogP contribution in [0.4, 0.5) is 11.4 Å². The molecule has 0 saturated carbocycles. The summed E-state index contributed by atoms with van der Waals surface area (Å²) < 4.78 is 0.786. The van der Waals surface area contributed by atoms with Crippen LogP contribution in [0.3, 0.4) is 0 Å². The lowest BCUT2D eigenvalue weighted by Gasteiger charge is -2.22. The average Bonchev–Trinajstić information content (AvgIpc) is 2.67. The fraction of sp³-hybridized carbons (Fsp3) is 0.0909. The standard InChI is InChI=1S/C22H17BrCl2N2O2/c1-13(28)26-16-6-4-5-14(11-16)22(29)21(17-7-2-3-8-18(17)23)27-20-10-9-15(24)12-19(20)25/h2-12,21,27H,1H3,(H,26,28). The highest BCUT2D eigenvalue weighted by atomic mass is 79.9. The summed E-state index contributed by atoms with van der Waals surface area (Å²) in [5.74, 6) is -0.377. The number of ketones is 1. The fourth-order valence-electron chi connectivity index (χ4n) is 2.88. The van der Waals surface area contributed by atoms with Gasteiger partial charge in [0.2, 0.25) is 5.91 Å². The molecule has 4 nitrogen and oxygen atoms in total. The number of halogens is 3. The average molecular weight is 492 g/mol. The fourth-order valence-corrected chi connectivity index (χ4v) is 3.85. The van der Waals surface area contributed by atoms with Gasteiger partial charge in [-0.2, -0.15) is 0 Å². The van der Waals surface area contributed by atoms with Gasteiger partial charge >= 0.3 is 0 Å². The Hall–Kier alpha value is -2.34. The van der Waals surface area contributed by atoms with E-state index in [1.54, 1.807) is 42.5 Å². The van der Waals surface area contributed by atoms with Crippen LogP contribution in [0, 0.1) is 0 Å². The molecular weight excluding hydrogens is 475 g/mol. The lowest BCUT2D eigenvalue weighted by atomic mass is 9.96. The Bertz CT molecular complexity index is 1070. The highest BCUT2D eigenvalue weighted by Gasteiger charge is 2.25. The van der Waals surface area contributed by atoms with E-state index < -0.39 is 6.04 Å². The maximum Gasteiger partial charge on any atom is 0.221 e. The summed E-state index contributed by atoms with van der Waals surface area (Å²) in [5.41, 5.74) is 2.35. The van der Waals surface area contributed by atoms with Crippen LogP contribution in [0.15, 0.2) is 71.2 Å². The minimum atomic E-state index is -0.711. The molecule has 0 fully saturated rings. The van der Waals surface area contributed by atoms with Gasteiger partial charge in [-0.25, -0.2) is 0 Å². The van der Waals surface area contributed by atoms with E-state index in [-0.39, 0.29) is 11.7 Å². The molecule has 1 unspecified atom stereocenters. The number of carbonyl (C=O) groups is 2. The lowest BCUT2D eigenvalue weighted by Crippen LogP contribution is -2.22. The van der Waals surface area contributed by atoms with E-state index in [4.69, 9.17) is 23.2 Å². The molecule has 3 rings (SSSR count). The topological polar surface area (TPSA) is 58.2 Å². The third kappa shape index (κ3) is 5.38. The Morgan fingerprint density at radius 1 is 0.966 bits per heavy atom. The van der Waals surface area contributed by atoms with Crippen molar-refractivity contribution in [2.24, 2.45) is 0 Å². The Morgan fingerprint density at radius 2 is 1.72 bits per heavy atom. The highest BCUT2D eigenvalue weighted by molar-refractivity contribution is 9.10. The Labute approximate surface area is 187 Å². The zero-order valence-corrected chi connectivity index (χ0v) is 18.5. The number of benzene rings is 3. The van der Waals surface area contributed by atoms with Crippen LogP contribution in [-0.4, -0.2) is 11.7 Å². The summed E-state index contributed by atoms with van der Waals surface area (Å²) in [5, 5.41) is 6.85. The second-order valence-electron chi connectivity index (χ2n) is 6.35. The first kappa shape index (κ1) is 21.4. The van der Waals surface area contributed by atoms with Crippen molar-refractivity contribution in [2.75, 3.05) is 10.6 Å². The van der Waals surface area contributed by atoms with Crippen molar-refractivity contribution in [2.45, 2.75) is 13.0 Å². The van der Waals surface area contributed by atoms with Crippen molar-refractivity contribution < 1.29 is 9.59 Å². The van der Waals surface area contributed by atoms with Crippen molar-refractivity contribution in [3.63, 3.8) is 0 Å². The third-order valence-corrected chi connectivity index (χ3v) is 5.45. The van der Waals surface area contributed by atoms with Gasteiger partial charge < -0.3 is 10.6 Å². The molecule has 0 radical (unpaired) electrons. The second-order valence-corrected chi connectivity index (χ2v) is 8.05. The minimum Gasteiger partial charge on any atom is -0.370 e. The number of hydrogen-bond donors (Lipinski definition) is 2. The maximum absolute atomic E-state index is 13.5. The lowest BCUT2D eigenvalue weighted by molar-refractivity contribution is -0.114. The molecule has 2 N–H and O–H groups in total. The molecule has 0 spiro atoms. The zero-order valence-electron chi connectivity index (χ0n) is 15.4. The van der Waals surface area contributed by atoms with Crippen LogP contribution < -0.4 is 10.6 Å². The van der Waals surface area contributed by atoms with Crippen molar-refractivity contribution in [3.8, 4) is 0 Å². The number of hydrogen-bond acceptors (Lipinski definition) is 3. The largest absolute Gasteiger partial charge is 0.370 e. The molecule has 1 atom stereocenters. The predicted molar refractivity (Wildman–Crippen MR) is 122 cm³/mol. The van der Waals surface area contributed by atoms with E-state index in [1.807, 2.05) is 24.3 Å². The molecule has 3 aromatic carbocycles. The number of carbonyl (C=O) groups excluding carboxylic acids is 2. The van der Waals surface area contributed by atoms with E-state index >= 15 is 0 Å². The predicted octanol–water partition coefficient (Wildman–Crippen LogP) is 6.75. The van der Waals surface area contributed by atoms with Gasteiger partial charge in [0.25, 0.3) is 0 Å². The number of rotatable bonds is 6. The van der Waals surface area contributed by atoms with Crippen molar-refractivity contribution >= 4 is 62.2 Å². The summed E-state index contributed by atoms with van der Waals surface area (Å²) in [6, 6.07) is 18.6. The van der Waals surface area contributed by atoms with Crippen molar-refractivity contribution in [3.05, 3.63) is 92.4 Å². The first-order valence-electron chi connectivity index (χ1n) is 8.73. The monoisotopic (exact) mass is 490 g/mol. The Morgan fingerprint density at radius 3 is 2.41 bits per heavy atom. The molecule has 0 saturated heterocycles. The zero-order chi connectivity index (χ0) is 21.0. The maximum atomic E-state index is 13.5. The summed E-state index contributed by atoms with van der Waals surface area (Å²) in [6.07, 6.45) is 0. The molecule has 0 aliphatic rings. The summed E-state index contributed by atoms with van der Waals surface area (Å²) in [7, 11) is 0. The van der Waals surface area contributed by atoms with Gasteiger partial charge in [-0.3, -0.25) is 9.59 Å². The van der Waals surface area contributed by atoms with E-state index in [0.29, 0.717) is 27.0 Å². The van der Waals surface area contributed by atoms with E-state index in [0.717, 1.165) is 10.0 Å². The third-order valence-electron chi connectivity index (χ3n) is 4.18. The molecule has 0 aliphatic carbocycles. The summed E-state index contributed by atoms with van der Waals surface area (Å²) in [4.78, 5) is 24.8. The van der Waals surface area contributed by atoms with Gasteiger partial charge in [-0.1, -0.05) is 69.5 Å². The number of anilines is 2. The first-order valence-corrected chi connectivity index (χ1v) is 10.3. The Balaban J connectivity index is 2.02. The highest BCUT2D eigenvalue weighted by Crippen LogP contribution is 2.33. The molecule has 1 amide bonds. The summed E-state index contributed by atoms with van der Waals surface area (Å²) in [6.45, 7) is 1.42.